The number of anilines is 1. The van der Waals surface area contributed by atoms with E-state index in [0.29, 0.717) is 50.3 Å². The van der Waals surface area contributed by atoms with Crippen molar-refractivity contribution in [3.05, 3.63) is 58.1 Å². The highest BCUT2D eigenvalue weighted by molar-refractivity contribution is 7.89. The van der Waals surface area contributed by atoms with Crippen molar-refractivity contribution in [2.75, 3.05) is 44.2 Å². The molecule has 0 atom stereocenters. The molecule has 5 rings (SSSR count). The van der Waals surface area contributed by atoms with Crippen LogP contribution in [0.25, 0.3) is 10.2 Å². The van der Waals surface area contributed by atoms with Gasteiger partial charge in [0.1, 0.15) is 0 Å². The summed E-state index contributed by atoms with van der Waals surface area (Å²) in [6, 6.07) is 10.8. The van der Waals surface area contributed by atoms with E-state index in [1.54, 1.807) is 23.1 Å². The molecule has 1 aromatic heterocycles. The van der Waals surface area contributed by atoms with Crippen LogP contribution in [0.4, 0.5) is 10.8 Å². The highest BCUT2D eigenvalue weighted by Crippen LogP contribution is 2.32. The molecular weight excluding hydrogens is 478 g/mol. The van der Waals surface area contributed by atoms with Crippen LogP contribution in [0.1, 0.15) is 23.2 Å². The lowest BCUT2D eigenvalue weighted by atomic mass is 10.2. The van der Waals surface area contributed by atoms with E-state index in [1.165, 1.54) is 39.9 Å². The summed E-state index contributed by atoms with van der Waals surface area (Å²) in [4.78, 5) is 32.2. The first-order valence-electron chi connectivity index (χ1n) is 11.0. The number of sulfonamides is 1. The SMILES string of the molecule is O=C(c1ccc(S(=O)(=O)N2CCCC2)cc1)N1CCN(c2nc3ccc([N+](=O)[O-])cc3s2)CC1. The molecule has 0 unspecified atom stereocenters. The van der Waals surface area contributed by atoms with Crippen molar-refractivity contribution in [3.8, 4) is 0 Å². The van der Waals surface area contributed by atoms with Crippen LogP contribution in [-0.2, 0) is 10.0 Å². The third kappa shape index (κ3) is 4.24. The fraction of sp³-hybridized carbons (Fsp3) is 0.364. The molecule has 0 N–H and O–H groups in total. The Morgan fingerprint density at radius 1 is 0.971 bits per heavy atom. The van der Waals surface area contributed by atoms with Crippen LogP contribution in [0.15, 0.2) is 47.4 Å². The van der Waals surface area contributed by atoms with Crippen LogP contribution in [0, 0.1) is 10.1 Å². The minimum atomic E-state index is -3.50. The Morgan fingerprint density at radius 3 is 2.29 bits per heavy atom. The number of benzene rings is 2. The molecule has 2 aliphatic heterocycles. The van der Waals surface area contributed by atoms with Crippen molar-refractivity contribution < 1.29 is 18.1 Å². The van der Waals surface area contributed by atoms with Gasteiger partial charge in [-0.3, -0.25) is 14.9 Å². The Morgan fingerprint density at radius 2 is 1.65 bits per heavy atom. The summed E-state index contributed by atoms with van der Waals surface area (Å²) in [6.07, 6.45) is 1.75. The monoisotopic (exact) mass is 501 g/mol. The number of nitro benzene ring substituents is 1. The molecule has 2 saturated heterocycles. The average molecular weight is 502 g/mol. The van der Waals surface area contributed by atoms with E-state index in [9.17, 15) is 23.3 Å². The molecule has 10 nitrogen and oxygen atoms in total. The zero-order chi connectivity index (χ0) is 23.9. The van der Waals surface area contributed by atoms with E-state index in [2.05, 4.69) is 9.88 Å². The van der Waals surface area contributed by atoms with E-state index in [4.69, 9.17) is 0 Å². The molecule has 34 heavy (non-hydrogen) atoms. The van der Waals surface area contributed by atoms with Gasteiger partial charge in [-0.2, -0.15) is 4.31 Å². The molecule has 12 heteroatoms. The second-order valence-electron chi connectivity index (χ2n) is 8.32. The van der Waals surface area contributed by atoms with Crippen molar-refractivity contribution in [2.45, 2.75) is 17.7 Å². The Bertz CT molecular complexity index is 1340. The number of carbonyl (C=O) groups excluding carboxylic acids is 1. The summed E-state index contributed by atoms with van der Waals surface area (Å²) in [5, 5.41) is 11.8. The maximum atomic E-state index is 13.0. The van der Waals surface area contributed by atoms with Gasteiger partial charge < -0.3 is 9.80 Å². The normalized spacial score (nSPS) is 17.4. The molecule has 2 aliphatic rings. The van der Waals surface area contributed by atoms with Crippen molar-refractivity contribution in [1.29, 1.82) is 0 Å². The van der Waals surface area contributed by atoms with Crippen molar-refractivity contribution in [3.63, 3.8) is 0 Å². The van der Waals surface area contributed by atoms with Gasteiger partial charge in [0.15, 0.2) is 5.13 Å². The average Bonchev–Trinajstić information content (AvgIpc) is 3.54. The van der Waals surface area contributed by atoms with Crippen molar-refractivity contribution in [1.82, 2.24) is 14.2 Å². The van der Waals surface area contributed by atoms with E-state index < -0.39 is 14.9 Å². The van der Waals surface area contributed by atoms with Gasteiger partial charge in [0.2, 0.25) is 10.0 Å². The Hall–Kier alpha value is -3.09. The number of carbonyl (C=O) groups is 1. The van der Waals surface area contributed by atoms with E-state index >= 15 is 0 Å². The lowest BCUT2D eigenvalue weighted by Crippen LogP contribution is -2.48. The molecule has 1 amide bonds. The second-order valence-corrected chi connectivity index (χ2v) is 11.3. The highest BCUT2D eigenvalue weighted by Gasteiger charge is 2.28. The number of fused-ring (bicyclic) bond motifs is 1. The molecule has 0 spiro atoms. The maximum absolute atomic E-state index is 13.0. The Balaban J connectivity index is 1.23. The van der Waals surface area contributed by atoms with Crippen LogP contribution in [0.5, 0.6) is 0 Å². The van der Waals surface area contributed by atoms with Crippen LogP contribution in [-0.4, -0.2) is 72.7 Å². The molecule has 2 fully saturated rings. The van der Waals surface area contributed by atoms with Gasteiger partial charge >= 0.3 is 0 Å². The minimum Gasteiger partial charge on any atom is -0.345 e. The zero-order valence-electron chi connectivity index (χ0n) is 18.3. The van der Waals surface area contributed by atoms with Crippen molar-refractivity contribution in [2.24, 2.45) is 0 Å². The largest absolute Gasteiger partial charge is 0.345 e. The number of rotatable bonds is 5. The van der Waals surface area contributed by atoms with Gasteiger partial charge in [-0.25, -0.2) is 13.4 Å². The summed E-state index contributed by atoms with van der Waals surface area (Å²) in [7, 11) is -3.50. The molecule has 3 aromatic rings. The maximum Gasteiger partial charge on any atom is 0.270 e. The first-order chi connectivity index (χ1) is 16.3. The minimum absolute atomic E-state index is 0.0392. The lowest BCUT2D eigenvalue weighted by molar-refractivity contribution is -0.384. The molecule has 0 bridgehead atoms. The molecule has 2 aromatic carbocycles. The van der Waals surface area contributed by atoms with Gasteiger partial charge in [0.25, 0.3) is 11.6 Å². The standard InChI is InChI=1S/C22H23N5O5S2/c28-21(16-3-6-18(7-4-16)34(31,32)26-9-1-2-10-26)24-11-13-25(14-12-24)22-23-19-8-5-17(27(29)30)15-20(19)33-22/h3-8,15H,1-2,9-14H2. The number of nitro groups is 1. The summed E-state index contributed by atoms with van der Waals surface area (Å²) in [5.41, 5.74) is 1.21. The van der Waals surface area contributed by atoms with E-state index in [0.717, 1.165) is 22.7 Å². The molecule has 3 heterocycles. The Labute approximate surface area is 200 Å². The predicted octanol–water partition coefficient (Wildman–Crippen LogP) is 2.95. The highest BCUT2D eigenvalue weighted by atomic mass is 32.2. The summed E-state index contributed by atoms with van der Waals surface area (Å²) >= 11 is 1.40. The van der Waals surface area contributed by atoms with Gasteiger partial charge in [0, 0.05) is 57.0 Å². The van der Waals surface area contributed by atoms with Crippen LogP contribution in [0.3, 0.4) is 0 Å². The summed E-state index contributed by atoms with van der Waals surface area (Å²) in [5.74, 6) is -0.135. The number of non-ortho nitro benzene ring substituents is 1. The number of amides is 1. The number of hydrogen-bond donors (Lipinski definition) is 0. The number of piperazine rings is 1. The smallest absolute Gasteiger partial charge is 0.270 e. The number of hydrogen-bond acceptors (Lipinski definition) is 8. The second kappa shape index (κ2) is 8.93. The van der Waals surface area contributed by atoms with Crippen molar-refractivity contribution >= 4 is 48.3 Å². The topological polar surface area (TPSA) is 117 Å². The van der Waals surface area contributed by atoms with Gasteiger partial charge in [-0.05, 0) is 43.2 Å². The molecule has 0 radical (unpaired) electrons. The van der Waals surface area contributed by atoms with Crippen LogP contribution in [0.2, 0.25) is 0 Å². The summed E-state index contributed by atoms with van der Waals surface area (Å²) in [6.45, 7) is 3.27. The first-order valence-corrected chi connectivity index (χ1v) is 13.3. The third-order valence-electron chi connectivity index (χ3n) is 6.21. The fourth-order valence-electron chi connectivity index (χ4n) is 4.28. The van der Waals surface area contributed by atoms with E-state index in [-0.39, 0.29) is 16.5 Å². The van der Waals surface area contributed by atoms with Crippen LogP contribution >= 0.6 is 11.3 Å². The summed E-state index contributed by atoms with van der Waals surface area (Å²) < 4.78 is 27.6. The quantitative estimate of drug-likeness (QED) is 0.390. The molecule has 178 valence electrons. The Kier molecular flexibility index (Phi) is 5.96. The number of aromatic nitrogens is 1. The third-order valence-corrected chi connectivity index (χ3v) is 9.20. The number of thiazole rings is 1. The fourth-order valence-corrected chi connectivity index (χ4v) is 6.85. The molecule has 0 saturated carbocycles. The van der Waals surface area contributed by atoms with Gasteiger partial charge in [-0.15, -0.1) is 0 Å². The first kappa shape index (κ1) is 22.7. The van der Waals surface area contributed by atoms with Gasteiger partial charge in [0.05, 0.1) is 20.0 Å². The van der Waals surface area contributed by atoms with Crippen LogP contribution < -0.4 is 4.90 Å². The molecular formula is C22H23N5O5S2. The number of nitrogens with zero attached hydrogens (tertiary/aromatic N) is 5. The van der Waals surface area contributed by atoms with E-state index in [1.807, 2.05) is 0 Å². The zero-order valence-corrected chi connectivity index (χ0v) is 19.9. The molecule has 0 aliphatic carbocycles. The lowest BCUT2D eigenvalue weighted by Gasteiger charge is -2.34. The van der Waals surface area contributed by atoms with Gasteiger partial charge in [-0.1, -0.05) is 11.3 Å². The predicted molar refractivity (Wildman–Crippen MR) is 129 cm³/mol.